The van der Waals surface area contributed by atoms with Crippen LogP contribution in [-0.2, 0) is 5.75 Å². The van der Waals surface area contributed by atoms with Gasteiger partial charge in [-0.25, -0.2) is 19.9 Å². The van der Waals surface area contributed by atoms with Crippen LogP contribution in [0.5, 0.6) is 6.01 Å². The van der Waals surface area contributed by atoms with Crippen molar-refractivity contribution in [2.24, 2.45) is 0 Å². The van der Waals surface area contributed by atoms with E-state index in [2.05, 4.69) is 19.9 Å². The van der Waals surface area contributed by atoms with Gasteiger partial charge in [-0.3, -0.25) is 9.36 Å². The second-order valence-electron chi connectivity index (χ2n) is 5.38. The lowest BCUT2D eigenvalue weighted by atomic mass is 10.2. The van der Waals surface area contributed by atoms with Gasteiger partial charge in [0.2, 0.25) is 0 Å². The zero-order chi connectivity index (χ0) is 18.8. The van der Waals surface area contributed by atoms with Crippen molar-refractivity contribution in [3.63, 3.8) is 0 Å². The van der Waals surface area contributed by atoms with E-state index < -0.39 is 0 Å². The van der Waals surface area contributed by atoms with E-state index in [1.165, 1.54) is 47.2 Å². The highest BCUT2D eigenvalue weighted by molar-refractivity contribution is 7.98. The lowest BCUT2D eigenvalue weighted by molar-refractivity contribution is 0.379. The molecule has 0 saturated heterocycles. The molecule has 7 nitrogen and oxygen atoms in total. The van der Waals surface area contributed by atoms with Crippen LogP contribution in [-0.4, -0.2) is 31.6 Å². The highest BCUT2D eigenvalue weighted by Gasteiger charge is 2.16. The molecule has 10 heteroatoms. The smallest absolute Gasteiger partial charge is 0.316 e. The van der Waals surface area contributed by atoms with Crippen LogP contribution in [0.25, 0.3) is 16.0 Å². The van der Waals surface area contributed by atoms with Gasteiger partial charge < -0.3 is 4.74 Å². The third-order valence-corrected chi connectivity index (χ3v) is 5.74. The largest absolute Gasteiger partial charge is 0.467 e. The second-order valence-corrected chi connectivity index (χ2v) is 7.62. The summed E-state index contributed by atoms with van der Waals surface area (Å²) in [7, 11) is 1.49. The van der Waals surface area contributed by atoms with E-state index in [4.69, 9.17) is 16.3 Å². The monoisotopic (exact) mass is 417 g/mol. The number of aromatic nitrogens is 5. The van der Waals surface area contributed by atoms with Crippen molar-refractivity contribution in [1.29, 1.82) is 0 Å². The number of nitrogens with zero attached hydrogens (tertiary/aromatic N) is 5. The molecule has 0 atom stereocenters. The van der Waals surface area contributed by atoms with Gasteiger partial charge in [0.25, 0.3) is 5.56 Å². The maximum atomic E-state index is 13.0. The third-order valence-electron chi connectivity index (χ3n) is 3.68. The zero-order valence-corrected chi connectivity index (χ0v) is 16.4. The van der Waals surface area contributed by atoms with E-state index in [1.54, 1.807) is 5.51 Å². The number of halogens is 1. The molecular formula is C17H12ClN5O2S2. The summed E-state index contributed by atoms with van der Waals surface area (Å²) in [5, 5.41) is 1.19. The van der Waals surface area contributed by atoms with Crippen LogP contribution in [0.15, 0.2) is 52.1 Å². The first-order chi connectivity index (χ1) is 13.2. The summed E-state index contributed by atoms with van der Waals surface area (Å²) in [5.41, 5.74) is 3.43. The first kappa shape index (κ1) is 17.9. The van der Waals surface area contributed by atoms with Gasteiger partial charge in [0.05, 0.1) is 30.7 Å². The van der Waals surface area contributed by atoms with Gasteiger partial charge in [-0.1, -0.05) is 35.5 Å². The first-order valence-corrected chi connectivity index (χ1v) is 10.00. The molecule has 1 aromatic carbocycles. The number of rotatable bonds is 5. The molecule has 0 aliphatic rings. The average Bonchev–Trinajstić information content (AvgIpc) is 3.17. The van der Waals surface area contributed by atoms with E-state index in [0.717, 1.165) is 5.56 Å². The number of thiazole rings is 1. The topological polar surface area (TPSA) is 82.8 Å². The summed E-state index contributed by atoms with van der Waals surface area (Å²) < 4.78 is 6.98. The van der Waals surface area contributed by atoms with Gasteiger partial charge in [0.1, 0.15) is 4.70 Å². The number of fused-ring (bicyclic) bond motifs is 1. The molecule has 0 aliphatic carbocycles. The SMILES string of the molecule is COc1ncc(-n2c(SCc3ccc(Cl)cc3)nc3ncsc3c2=O)cn1. The summed E-state index contributed by atoms with van der Waals surface area (Å²) in [6.45, 7) is 0. The maximum Gasteiger partial charge on any atom is 0.316 e. The molecule has 0 radical (unpaired) electrons. The van der Waals surface area contributed by atoms with Crippen LogP contribution in [0, 0.1) is 0 Å². The van der Waals surface area contributed by atoms with Crippen molar-refractivity contribution < 1.29 is 4.74 Å². The Kier molecular flexibility index (Phi) is 5.06. The van der Waals surface area contributed by atoms with E-state index in [1.807, 2.05) is 24.3 Å². The van der Waals surface area contributed by atoms with Crippen LogP contribution < -0.4 is 10.3 Å². The molecule has 0 saturated carbocycles. The van der Waals surface area contributed by atoms with Crippen molar-refractivity contribution in [2.45, 2.75) is 10.9 Å². The zero-order valence-electron chi connectivity index (χ0n) is 14.0. The Hall–Kier alpha value is -2.49. The molecule has 0 unspecified atom stereocenters. The molecule has 0 aliphatic heterocycles. The molecular weight excluding hydrogens is 406 g/mol. The Bertz CT molecular complexity index is 1140. The fourth-order valence-electron chi connectivity index (χ4n) is 2.38. The molecule has 4 aromatic rings. The average molecular weight is 418 g/mol. The fraction of sp³-hybridized carbons (Fsp3) is 0.118. The van der Waals surface area contributed by atoms with Crippen LogP contribution in [0.2, 0.25) is 5.02 Å². The third kappa shape index (κ3) is 3.66. The van der Waals surface area contributed by atoms with Gasteiger partial charge in [-0.15, -0.1) is 11.3 Å². The van der Waals surface area contributed by atoms with E-state index in [9.17, 15) is 4.79 Å². The Balaban J connectivity index is 1.77. The molecule has 0 bridgehead atoms. The minimum atomic E-state index is -0.199. The number of methoxy groups -OCH3 is 1. The summed E-state index contributed by atoms with van der Waals surface area (Å²) in [6.07, 6.45) is 3.07. The van der Waals surface area contributed by atoms with Crippen LogP contribution in [0.1, 0.15) is 5.56 Å². The minimum Gasteiger partial charge on any atom is -0.467 e. The normalized spacial score (nSPS) is 11.0. The number of hydrogen-bond acceptors (Lipinski definition) is 8. The van der Waals surface area contributed by atoms with Gasteiger partial charge in [-0.05, 0) is 17.7 Å². The minimum absolute atomic E-state index is 0.199. The number of ether oxygens (including phenoxy) is 1. The van der Waals surface area contributed by atoms with Gasteiger partial charge >= 0.3 is 6.01 Å². The lowest BCUT2D eigenvalue weighted by Crippen LogP contribution is -2.21. The van der Waals surface area contributed by atoms with Crippen molar-refractivity contribution in [3.8, 4) is 11.7 Å². The molecule has 0 amide bonds. The highest BCUT2D eigenvalue weighted by Crippen LogP contribution is 2.25. The van der Waals surface area contributed by atoms with Gasteiger partial charge in [-0.2, -0.15) is 0 Å². The molecule has 136 valence electrons. The molecule has 3 aromatic heterocycles. The van der Waals surface area contributed by atoms with Crippen molar-refractivity contribution >= 4 is 45.0 Å². The molecule has 0 spiro atoms. The summed E-state index contributed by atoms with van der Waals surface area (Å²) in [5.74, 6) is 0.621. The predicted molar refractivity (Wildman–Crippen MR) is 106 cm³/mol. The molecule has 0 fully saturated rings. The Morgan fingerprint density at radius 2 is 1.93 bits per heavy atom. The van der Waals surface area contributed by atoms with Gasteiger partial charge in [0, 0.05) is 10.8 Å². The van der Waals surface area contributed by atoms with Crippen molar-refractivity contribution in [1.82, 2.24) is 24.5 Å². The summed E-state index contributed by atoms with van der Waals surface area (Å²) in [4.78, 5) is 29.9. The fourth-order valence-corrected chi connectivity index (χ4v) is 4.11. The molecule has 3 heterocycles. The molecule has 0 N–H and O–H groups in total. The van der Waals surface area contributed by atoms with E-state index in [0.29, 0.717) is 32.0 Å². The Morgan fingerprint density at radius 1 is 1.19 bits per heavy atom. The van der Waals surface area contributed by atoms with E-state index in [-0.39, 0.29) is 11.6 Å². The van der Waals surface area contributed by atoms with E-state index >= 15 is 0 Å². The second kappa shape index (κ2) is 7.63. The Morgan fingerprint density at radius 3 is 2.63 bits per heavy atom. The van der Waals surface area contributed by atoms with Crippen LogP contribution in [0.3, 0.4) is 0 Å². The maximum absolute atomic E-state index is 13.0. The predicted octanol–water partition coefficient (Wildman–Crippen LogP) is 3.59. The number of thioether (sulfide) groups is 1. The summed E-state index contributed by atoms with van der Waals surface area (Å²) in [6, 6.07) is 7.78. The summed E-state index contributed by atoms with van der Waals surface area (Å²) >= 11 is 8.63. The van der Waals surface area contributed by atoms with Crippen molar-refractivity contribution in [2.75, 3.05) is 7.11 Å². The van der Waals surface area contributed by atoms with Crippen LogP contribution >= 0.6 is 34.7 Å². The molecule has 4 rings (SSSR count). The number of hydrogen-bond donors (Lipinski definition) is 0. The number of benzene rings is 1. The highest BCUT2D eigenvalue weighted by atomic mass is 35.5. The Labute approximate surface area is 167 Å². The van der Waals surface area contributed by atoms with Gasteiger partial charge in [0.15, 0.2) is 10.8 Å². The first-order valence-electron chi connectivity index (χ1n) is 7.75. The molecule has 27 heavy (non-hydrogen) atoms. The standard InChI is InChI=1S/C17H12ClN5O2S2/c1-25-16-19-6-12(7-20-16)23-15(24)13-14(21-9-27-13)22-17(23)26-8-10-2-4-11(18)5-3-10/h2-7,9H,8H2,1H3. The lowest BCUT2D eigenvalue weighted by Gasteiger charge is -2.11. The van der Waals surface area contributed by atoms with Crippen LogP contribution in [0.4, 0.5) is 0 Å². The van der Waals surface area contributed by atoms with Crippen molar-refractivity contribution in [3.05, 3.63) is 63.1 Å². The quantitative estimate of drug-likeness (QED) is 0.362.